The van der Waals surface area contributed by atoms with Crippen molar-refractivity contribution >= 4 is 52.4 Å². The second-order valence-corrected chi connectivity index (χ2v) is 7.78. The van der Waals surface area contributed by atoms with E-state index >= 15 is 0 Å². The molecule has 1 heterocycles. The average molecular weight is 467 g/mol. The molecular formula is C24H16Cl2N2O4. The molecule has 0 bridgehead atoms. The van der Waals surface area contributed by atoms with E-state index in [0.717, 1.165) is 10.5 Å². The molecule has 3 aromatic rings. The lowest BCUT2D eigenvalue weighted by molar-refractivity contribution is -0.120. The largest absolute Gasteiger partial charge is 0.421 e. The van der Waals surface area contributed by atoms with E-state index in [0.29, 0.717) is 16.4 Å². The molecule has 0 radical (unpaired) electrons. The van der Waals surface area contributed by atoms with Crippen LogP contribution >= 0.6 is 23.2 Å². The van der Waals surface area contributed by atoms with Gasteiger partial charge in [0.2, 0.25) is 0 Å². The Morgan fingerprint density at radius 1 is 0.875 bits per heavy atom. The number of para-hydroxylation sites is 1. The number of nitrogens with one attached hydrogen (secondary N) is 1. The molecule has 0 aromatic heterocycles. The van der Waals surface area contributed by atoms with Gasteiger partial charge in [-0.1, -0.05) is 53.0 Å². The van der Waals surface area contributed by atoms with Crippen molar-refractivity contribution in [2.24, 2.45) is 0 Å². The van der Waals surface area contributed by atoms with E-state index in [1.165, 1.54) is 12.1 Å². The highest BCUT2D eigenvalue weighted by atomic mass is 35.5. The minimum Gasteiger partial charge on any atom is -0.421 e. The van der Waals surface area contributed by atoms with Crippen molar-refractivity contribution in [1.29, 1.82) is 0 Å². The molecule has 2 amide bonds. The highest BCUT2D eigenvalue weighted by Gasteiger charge is 2.38. The number of hydrogen-bond donors (Lipinski definition) is 1. The number of imide groups is 1. The first-order valence-corrected chi connectivity index (χ1v) is 10.3. The number of nitrogens with zero attached hydrogens (tertiary/aromatic N) is 1. The standard InChI is InChI=1S/C24H16Cl2N2O4/c1-14-6-12-17(13-7-14)28-22(29)20(26)21(23(28)30)27-16-10-8-15(9-11-16)24(31)32-19-5-3-2-4-18(19)25/h2-13,27H,1H3. The summed E-state index contributed by atoms with van der Waals surface area (Å²) in [5.74, 6) is -1.50. The summed E-state index contributed by atoms with van der Waals surface area (Å²) in [6, 6.07) is 19.8. The van der Waals surface area contributed by atoms with Gasteiger partial charge in [-0.15, -0.1) is 0 Å². The van der Waals surface area contributed by atoms with Gasteiger partial charge in [0.1, 0.15) is 16.5 Å². The van der Waals surface area contributed by atoms with Gasteiger partial charge in [-0.2, -0.15) is 0 Å². The topological polar surface area (TPSA) is 75.7 Å². The van der Waals surface area contributed by atoms with Gasteiger partial charge < -0.3 is 10.1 Å². The molecule has 160 valence electrons. The van der Waals surface area contributed by atoms with E-state index < -0.39 is 17.8 Å². The van der Waals surface area contributed by atoms with E-state index in [2.05, 4.69) is 5.32 Å². The Labute approximate surface area is 194 Å². The quantitative estimate of drug-likeness (QED) is 0.313. The summed E-state index contributed by atoms with van der Waals surface area (Å²) in [4.78, 5) is 38.8. The number of ether oxygens (including phenoxy) is 1. The van der Waals surface area contributed by atoms with Crippen molar-refractivity contribution in [2.45, 2.75) is 6.92 Å². The average Bonchev–Trinajstić information content (AvgIpc) is 3.00. The van der Waals surface area contributed by atoms with Crippen molar-refractivity contribution < 1.29 is 19.1 Å². The van der Waals surface area contributed by atoms with E-state index in [4.69, 9.17) is 27.9 Å². The van der Waals surface area contributed by atoms with Gasteiger partial charge in [0.05, 0.1) is 16.3 Å². The summed E-state index contributed by atoms with van der Waals surface area (Å²) >= 11 is 12.2. The van der Waals surface area contributed by atoms with E-state index in [1.54, 1.807) is 60.7 Å². The lowest BCUT2D eigenvalue weighted by Gasteiger charge is -2.15. The van der Waals surface area contributed by atoms with Crippen molar-refractivity contribution in [2.75, 3.05) is 10.2 Å². The Hall–Kier alpha value is -3.61. The number of hydrogen-bond acceptors (Lipinski definition) is 5. The molecule has 1 aliphatic heterocycles. The highest BCUT2D eigenvalue weighted by molar-refractivity contribution is 6.53. The first-order valence-electron chi connectivity index (χ1n) is 9.54. The van der Waals surface area contributed by atoms with E-state index in [-0.39, 0.29) is 22.0 Å². The number of esters is 1. The van der Waals surface area contributed by atoms with Gasteiger partial charge >= 0.3 is 5.97 Å². The fraction of sp³-hybridized carbons (Fsp3) is 0.0417. The molecular weight excluding hydrogens is 451 g/mol. The first kappa shape index (κ1) is 21.6. The van der Waals surface area contributed by atoms with Crippen molar-refractivity contribution in [3.8, 4) is 5.75 Å². The van der Waals surface area contributed by atoms with Crippen LogP contribution in [0.3, 0.4) is 0 Å². The number of halogens is 2. The third-order valence-corrected chi connectivity index (χ3v) is 5.41. The van der Waals surface area contributed by atoms with Gasteiger partial charge in [-0.25, -0.2) is 9.69 Å². The Balaban J connectivity index is 1.49. The van der Waals surface area contributed by atoms with Gasteiger partial charge in [0.15, 0.2) is 0 Å². The summed E-state index contributed by atoms with van der Waals surface area (Å²) in [6.07, 6.45) is 0. The molecule has 0 saturated carbocycles. The van der Waals surface area contributed by atoms with Crippen LogP contribution in [0.25, 0.3) is 0 Å². The molecule has 0 saturated heterocycles. The summed E-state index contributed by atoms with van der Waals surface area (Å²) < 4.78 is 5.30. The van der Waals surface area contributed by atoms with Crippen LogP contribution in [0.4, 0.5) is 11.4 Å². The zero-order chi connectivity index (χ0) is 22.8. The van der Waals surface area contributed by atoms with E-state index in [1.807, 2.05) is 6.92 Å². The first-order chi connectivity index (χ1) is 15.3. The molecule has 4 rings (SSSR count). The number of aryl methyl sites for hydroxylation is 1. The summed E-state index contributed by atoms with van der Waals surface area (Å²) in [6.45, 7) is 1.91. The second kappa shape index (κ2) is 8.86. The van der Waals surface area contributed by atoms with Crippen LogP contribution in [0.1, 0.15) is 15.9 Å². The number of benzene rings is 3. The van der Waals surface area contributed by atoms with Crippen LogP contribution in [0.2, 0.25) is 5.02 Å². The Morgan fingerprint density at radius 3 is 2.19 bits per heavy atom. The van der Waals surface area contributed by atoms with Crippen molar-refractivity contribution in [3.05, 3.63) is 99.7 Å². The van der Waals surface area contributed by atoms with Crippen LogP contribution in [-0.2, 0) is 9.59 Å². The third-order valence-electron chi connectivity index (χ3n) is 4.75. The van der Waals surface area contributed by atoms with Crippen LogP contribution in [-0.4, -0.2) is 17.8 Å². The Bertz CT molecular complexity index is 1250. The highest BCUT2D eigenvalue weighted by Crippen LogP contribution is 2.30. The number of rotatable bonds is 5. The van der Waals surface area contributed by atoms with E-state index in [9.17, 15) is 14.4 Å². The number of carbonyl (C=O) groups is 3. The summed E-state index contributed by atoms with van der Waals surface area (Å²) in [5, 5.41) is 2.98. The zero-order valence-electron chi connectivity index (χ0n) is 16.8. The third kappa shape index (κ3) is 4.23. The lowest BCUT2D eigenvalue weighted by Crippen LogP contribution is -2.32. The smallest absolute Gasteiger partial charge is 0.343 e. The molecule has 0 fully saturated rings. The van der Waals surface area contributed by atoms with Crippen LogP contribution in [0, 0.1) is 6.92 Å². The molecule has 0 aliphatic carbocycles. The molecule has 8 heteroatoms. The fourth-order valence-electron chi connectivity index (χ4n) is 3.06. The molecule has 1 N–H and O–H groups in total. The SMILES string of the molecule is Cc1ccc(N2C(=O)C(Cl)=C(Nc3ccc(C(=O)Oc4ccccc4Cl)cc3)C2=O)cc1. The maximum Gasteiger partial charge on any atom is 0.343 e. The number of anilines is 2. The van der Waals surface area contributed by atoms with Crippen molar-refractivity contribution in [1.82, 2.24) is 0 Å². The summed E-state index contributed by atoms with van der Waals surface area (Å²) in [7, 11) is 0. The van der Waals surface area contributed by atoms with Crippen LogP contribution < -0.4 is 15.0 Å². The number of carbonyl (C=O) groups excluding carboxylic acids is 3. The fourth-order valence-corrected chi connectivity index (χ4v) is 3.45. The van der Waals surface area contributed by atoms with Gasteiger partial charge in [-0.3, -0.25) is 9.59 Å². The predicted molar refractivity (Wildman–Crippen MR) is 123 cm³/mol. The molecule has 6 nitrogen and oxygen atoms in total. The second-order valence-electron chi connectivity index (χ2n) is 6.99. The normalized spacial score (nSPS) is 13.5. The van der Waals surface area contributed by atoms with Crippen LogP contribution in [0.5, 0.6) is 5.75 Å². The van der Waals surface area contributed by atoms with Gasteiger partial charge in [0, 0.05) is 5.69 Å². The monoisotopic (exact) mass is 466 g/mol. The lowest BCUT2D eigenvalue weighted by atomic mass is 10.2. The Kier molecular flexibility index (Phi) is 5.99. The molecule has 32 heavy (non-hydrogen) atoms. The zero-order valence-corrected chi connectivity index (χ0v) is 18.3. The molecule has 3 aromatic carbocycles. The van der Waals surface area contributed by atoms with Crippen LogP contribution in [0.15, 0.2) is 83.5 Å². The van der Waals surface area contributed by atoms with Gasteiger partial charge in [0.25, 0.3) is 11.8 Å². The minimum absolute atomic E-state index is 0.0383. The maximum atomic E-state index is 12.8. The predicted octanol–water partition coefficient (Wildman–Crippen LogP) is 5.30. The molecule has 1 aliphatic rings. The maximum absolute atomic E-state index is 12.8. The summed E-state index contributed by atoms with van der Waals surface area (Å²) in [5.41, 5.74) is 2.14. The molecule has 0 unspecified atom stereocenters. The van der Waals surface area contributed by atoms with Crippen molar-refractivity contribution in [3.63, 3.8) is 0 Å². The van der Waals surface area contributed by atoms with Gasteiger partial charge in [-0.05, 0) is 55.5 Å². The molecule has 0 atom stereocenters. The molecule has 0 spiro atoms. The Morgan fingerprint density at radius 2 is 1.53 bits per heavy atom. The minimum atomic E-state index is -0.608. The number of amides is 2.